The van der Waals surface area contributed by atoms with Crippen LogP contribution in [0.1, 0.15) is 50.2 Å². The first-order valence-electron chi connectivity index (χ1n) is 11.3. The van der Waals surface area contributed by atoms with Gasteiger partial charge in [0.05, 0.1) is 24.5 Å². The maximum Gasteiger partial charge on any atom is 0.345 e. The summed E-state index contributed by atoms with van der Waals surface area (Å²) >= 11 is 0. The molecule has 6 nitrogen and oxygen atoms in total. The molecular formula is C26H26F2N4O2. The zero-order valence-corrected chi connectivity index (χ0v) is 19.1. The molecule has 0 bridgehead atoms. The number of amidine groups is 1. The Labute approximate surface area is 197 Å². The van der Waals surface area contributed by atoms with Crippen LogP contribution < -0.4 is 10.5 Å². The molecule has 2 N–H and O–H groups in total. The number of ether oxygens (including phenoxy) is 2. The van der Waals surface area contributed by atoms with Crippen LogP contribution in [0.2, 0.25) is 0 Å². The third-order valence-electron chi connectivity index (χ3n) is 7.29. The predicted octanol–water partition coefficient (Wildman–Crippen LogP) is 4.92. The van der Waals surface area contributed by atoms with E-state index in [0.717, 1.165) is 24.0 Å². The smallest absolute Gasteiger partial charge is 0.345 e. The van der Waals surface area contributed by atoms with Crippen LogP contribution >= 0.6 is 0 Å². The molecule has 176 valence electrons. The van der Waals surface area contributed by atoms with Crippen molar-refractivity contribution in [2.75, 3.05) is 7.11 Å². The summed E-state index contributed by atoms with van der Waals surface area (Å²) in [7, 11) is 1.59. The number of hydrogen-bond acceptors (Lipinski definition) is 6. The highest BCUT2D eigenvalue weighted by Gasteiger charge is 2.55. The van der Waals surface area contributed by atoms with Crippen molar-refractivity contribution in [2.24, 2.45) is 21.1 Å². The fourth-order valence-corrected chi connectivity index (χ4v) is 5.80. The molecule has 34 heavy (non-hydrogen) atoms. The van der Waals surface area contributed by atoms with Crippen molar-refractivity contribution in [1.29, 1.82) is 5.26 Å². The minimum absolute atomic E-state index is 0.240. The van der Waals surface area contributed by atoms with Crippen LogP contribution in [0.5, 0.6) is 5.75 Å². The van der Waals surface area contributed by atoms with E-state index in [1.54, 1.807) is 20.1 Å². The number of methoxy groups -OCH3 is 1. The number of nitriles is 1. The maximum atomic E-state index is 13.2. The number of alkyl halides is 2. The molecule has 3 atom stereocenters. The summed E-state index contributed by atoms with van der Waals surface area (Å²) in [5, 5.41) is 9.38. The average Bonchev–Trinajstić information content (AvgIpc) is 3.30. The van der Waals surface area contributed by atoms with Gasteiger partial charge in [-0.25, -0.2) is 4.99 Å². The minimum Gasteiger partial charge on any atom is -0.497 e. The Hall–Kier alpha value is -3.31. The highest BCUT2D eigenvalue weighted by molar-refractivity contribution is 6.41. The SMILES string of the molecule is COc1cc(C#N)cc(C2=CC=C3CC4(C=C3C2)CCC(OC(F)F)C2(C4)N=C(C)C(N)=N2)c1. The topological polar surface area (TPSA) is 93.0 Å². The molecule has 1 saturated carbocycles. The van der Waals surface area contributed by atoms with Crippen LogP contribution in [0, 0.1) is 16.7 Å². The zero-order chi connectivity index (χ0) is 24.1. The van der Waals surface area contributed by atoms with E-state index >= 15 is 0 Å². The number of benzene rings is 1. The summed E-state index contributed by atoms with van der Waals surface area (Å²) in [4.78, 5) is 9.21. The summed E-state index contributed by atoms with van der Waals surface area (Å²) in [6.45, 7) is -1.13. The lowest BCUT2D eigenvalue weighted by molar-refractivity contribution is -0.191. The lowest BCUT2D eigenvalue weighted by Gasteiger charge is -2.44. The summed E-state index contributed by atoms with van der Waals surface area (Å²) in [5.74, 6) is 0.934. The second kappa shape index (κ2) is 8.17. The van der Waals surface area contributed by atoms with E-state index in [2.05, 4.69) is 34.3 Å². The van der Waals surface area contributed by atoms with E-state index < -0.39 is 18.4 Å². The van der Waals surface area contributed by atoms with E-state index in [9.17, 15) is 14.0 Å². The van der Waals surface area contributed by atoms with Gasteiger partial charge in [0.2, 0.25) is 0 Å². The number of hydrogen-bond donors (Lipinski definition) is 1. The summed E-state index contributed by atoms with van der Waals surface area (Å²) in [6, 6.07) is 7.71. The van der Waals surface area contributed by atoms with E-state index in [1.165, 1.54) is 11.1 Å². The molecule has 0 radical (unpaired) electrons. The van der Waals surface area contributed by atoms with Gasteiger partial charge in [0.1, 0.15) is 17.7 Å². The average molecular weight is 465 g/mol. The van der Waals surface area contributed by atoms with Gasteiger partial charge < -0.3 is 15.2 Å². The van der Waals surface area contributed by atoms with E-state index in [1.807, 2.05) is 12.1 Å². The van der Waals surface area contributed by atoms with Crippen molar-refractivity contribution in [3.05, 3.63) is 58.7 Å². The first kappa shape index (κ1) is 22.5. The van der Waals surface area contributed by atoms with Crippen molar-refractivity contribution in [2.45, 2.75) is 57.4 Å². The molecule has 1 aromatic rings. The maximum absolute atomic E-state index is 13.2. The van der Waals surface area contributed by atoms with Crippen molar-refractivity contribution in [3.63, 3.8) is 0 Å². The number of nitrogens with zero attached hydrogens (tertiary/aromatic N) is 3. The fraction of sp³-hybridized carbons (Fsp3) is 0.423. The highest BCUT2D eigenvalue weighted by atomic mass is 19.3. The Kier molecular flexibility index (Phi) is 5.40. The highest BCUT2D eigenvalue weighted by Crippen LogP contribution is 2.56. The molecule has 1 heterocycles. The summed E-state index contributed by atoms with van der Waals surface area (Å²) in [6.07, 6.45) is 8.84. The fourth-order valence-electron chi connectivity index (χ4n) is 5.80. The Bertz CT molecular complexity index is 1220. The van der Waals surface area contributed by atoms with E-state index in [0.29, 0.717) is 36.3 Å². The molecule has 1 aliphatic heterocycles. The van der Waals surface area contributed by atoms with Gasteiger partial charge in [-0.1, -0.05) is 18.2 Å². The number of nitrogens with two attached hydrogens (primary N) is 1. The first-order chi connectivity index (χ1) is 16.2. The molecule has 0 aromatic heterocycles. The first-order valence-corrected chi connectivity index (χ1v) is 11.3. The van der Waals surface area contributed by atoms with Gasteiger partial charge in [0, 0.05) is 6.42 Å². The van der Waals surface area contributed by atoms with Gasteiger partial charge >= 0.3 is 6.61 Å². The van der Waals surface area contributed by atoms with Crippen LogP contribution in [0.3, 0.4) is 0 Å². The molecule has 8 heteroatoms. The normalized spacial score (nSPS) is 29.9. The van der Waals surface area contributed by atoms with Gasteiger partial charge in [0.25, 0.3) is 0 Å². The Morgan fingerprint density at radius 3 is 2.65 bits per heavy atom. The second-order valence-corrected chi connectivity index (χ2v) is 9.50. The zero-order valence-electron chi connectivity index (χ0n) is 19.1. The monoisotopic (exact) mass is 464 g/mol. The van der Waals surface area contributed by atoms with Gasteiger partial charge in [0.15, 0.2) is 5.66 Å². The van der Waals surface area contributed by atoms with Crippen LogP contribution in [-0.2, 0) is 4.74 Å². The number of aliphatic imine (C=N–C) groups is 2. The molecule has 3 unspecified atom stereocenters. The van der Waals surface area contributed by atoms with Gasteiger partial charge in [-0.05, 0) is 78.5 Å². The third kappa shape index (κ3) is 3.84. The molecule has 0 saturated heterocycles. The van der Waals surface area contributed by atoms with Crippen molar-refractivity contribution in [1.82, 2.24) is 0 Å². The van der Waals surface area contributed by atoms with Crippen LogP contribution in [-0.4, -0.2) is 37.0 Å². The molecule has 1 aromatic carbocycles. The van der Waals surface area contributed by atoms with Gasteiger partial charge in [-0.2, -0.15) is 14.0 Å². The standard InChI is InChI=1S/C26H26F2N4O2/c1-15-23(30)32-26(31-15)14-25(6-5-22(26)34-24(27)28)11-18-4-3-17(9-20(18)12-25)19-7-16(13-29)8-21(10-19)33-2/h3-4,7-8,10,12,22,24H,5-6,9,11,14H2,1-2H3,(H2,30,32). The van der Waals surface area contributed by atoms with Crippen LogP contribution in [0.15, 0.2) is 57.6 Å². The molecule has 4 aliphatic rings. The number of fused-ring (bicyclic) bond motifs is 1. The van der Waals surface area contributed by atoms with Crippen LogP contribution in [0.4, 0.5) is 8.78 Å². The van der Waals surface area contributed by atoms with Gasteiger partial charge in [-0.3, -0.25) is 4.99 Å². The van der Waals surface area contributed by atoms with Gasteiger partial charge in [-0.15, -0.1) is 0 Å². The molecule has 2 spiro atoms. The Balaban J connectivity index is 1.44. The summed E-state index contributed by atoms with van der Waals surface area (Å²) < 4.78 is 36.7. The molecule has 3 aliphatic carbocycles. The minimum atomic E-state index is -2.89. The number of allylic oxidation sites excluding steroid dienone is 6. The number of halogens is 2. The molecule has 5 rings (SSSR count). The lowest BCUT2D eigenvalue weighted by Crippen LogP contribution is -2.49. The second-order valence-electron chi connectivity index (χ2n) is 9.50. The lowest BCUT2D eigenvalue weighted by atomic mass is 9.67. The Morgan fingerprint density at radius 1 is 1.18 bits per heavy atom. The predicted molar refractivity (Wildman–Crippen MR) is 126 cm³/mol. The molecule has 1 fully saturated rings. The summed E-state index contributed by atoms with van der Waals surface area (Å²) in [5.41, 5.74) is 10.3. The van der Waals surface area contributed by atoms with Crippen molar-refractivity contribution < 1.29 is 18.3 Å². The third-order valence-corrected chi connectivity index (χ3v) is 7.29. The molecular weight excluding hydrogens is 438 g/mol. The number of rotatable bonds is 4. The van der Waals surface area contributed by atoms with E-state index in [-0.39, 0.29) is 11.3 Å². The van der Waals surface area contributed by atoms with Crippen LogP contribution in [0.25, 0.3) is 5.57 Å². The van der Waals surface area contributed by atoms with E-state index in [4.69, 9.17) is 15.2 Å². The quantitative estimate of drug-likeness (QED) is 0.685. The van der Waals surface area contributed by atoms with Crippen molar-refractivity contribution >= 4 is 17.1 Å². The largest absolute Gasteiger partial charge is 0.497 e. The Morgan fingerprint density at radius 2 is 1.97 bits per heavy atom. The van der Waals surface area contributed by atoms with Crippen molar-refractivity contribution in [3.8, 4) is 11.8 Å². The molecule has 0 amide bonds.